The fourth-order valence-corrected chi connectivity index (χ4v) is 6.01. The molecular formula is C30H33N5O4S. The van der Waals surface area contributed by atoms with Gasteiger partial charge in [0, 0.05) is 36.5 Å². The van der Waals surface area contributed by atoms with Crippen molar-refractivity contribution in [2.45, 2.75) is 50.8 Å². The van der Waals surface area contributed by atoms with Crippen molar-refractivity contribution < 1.29 is 17.9 Å². The molecule has 10 heteroatoms. The van der Waals surface area contributed by atoms with Crippen LogP contribution in [0, 0.1) is 6.92 Å². The number of hydrogen-bond donors (Lipinski definition) is 1. The molecule has 5 rings (SSSR count). The normalized spacial score (nSPS) is 18.5. The molecular weight excluding hydrogens is 526 g/mol. The monoisotopic (exact) mass is 559 g/mol. The van der Waals surface area contributed by atoms with E-state index in [0.717, 1.165) is 47.5 Å². The molecule has 4 aromatic rings. The number of nitrogens with zero attached hydrogens (tertiary/aromatic N) is 4. The number of amides is 1. The number of rotatable bonds is 6. The predicted molar refractivity (Wildman–Crippen MR) is 155 cm³/mol. The van der Waals surface area contributed by atoms with E-state index in [1.54, 1.807) is 25.3 Å². The minimum absolute atomic E-state index is 0.133. The minimum atomic E-state index is -3.45. The summed E-state index contributed by atoms with van der Waals surface area (Å²) in [5, 5.41) is 3.79. The number of fused-ring (bicyclic) bond motifs is 1. The zero-order chi connectivity index (χ0) is 28.6. The first kappa shape index (κ1) is 27.7. The minimum Gasteiger partial charge on any atom is -0.372 e. The van der Waals surface area contributed by atoms with Crippen LogP contribution in [0.3, 0.4) is 0 Å². The van der Waals surface area contributed by atoms with Crippen LogP contribution in [0.2, 0.25) is 0 Å². The van der Waals surface area contributed by atoms with E-state index in [-0.39, 0.29) is 28.6 Å². The highest BCUT2D eigenvalue weighted by atomic mass is 32.2. The fraction of sp³-hybridized carbons (Fsp3) is 0.333. The number of nitrogens with one attached hydrogen (secondary N) is 1. The predicted octanol–water partition coefficient (Wildman–Crippen LogP) is 4.51. The first-order valence-corrected chi connectivity index (χ1v) is 15.1. The summed E-state index contributed by atoms with van der Waals surface area (Å²) in [4.78, 5) is 29.6. The van der Waals surface area contributed by atoms with Gasteiger partial charge in [0.05, 0.1) is 45.7 Å². The van der Waals surface area contributed by atoms with Crippen molar-refractivity contribution in [3.63, 3.8) is 0 Å². The number of carbonyl (C=O) groups is 1. The van der Waals surface area contributed by atoms with Crippen molar-refractivity contribution in [1.29, 1.82) is 0 Å². The van der Waals surface area contributed by atoms with Crippen molar-refractivity contribution in [1.82, 2.24) is 20.3 Å². The molecule has 3 aromatic heterocycles. The molecule has 1 amide bonds. The van der Waals surface area contributed by atoms with Gasteiger partial charge < -0.3 is 15.0 Å². The lowest BCUT2D eigenvalue weighted by Gasteiger charge is -2.36. The Labute approximate surface area is 234 Å². The van der Waals surface area contributed by atoms with Crippen LogP contribution in [0.15, 0.2) is 65.7 Å². The van der Waals surface area contributed by atoms with E-state index < -0.39 is 15.9 Å². The van der Waals surface area contributed by atoms with Gasteiger partial charge in [-0.3, -0.25) is 9.78 Å². The van der Waals surface area contributed by atoms with Gasteiger partial charge in [-0.2, -0.15) is 0 Å². The van der Waals surface area contributed by atoms with Gasteiger partial charge in [0.2, 0.25) is 0 Å². The third-order valence-electron chi connectivity index (χ3n) is 6.98. The first-order chi connectivity index (χ1) is 19.0. The van der Waals surface area contributed by atoms with Gasteiger partial charge in [-0.15, -0.1) is 0 Å². The molecule has 1 aliphatic rings. The molecule has 1 N–H and O–H groups in total. The molecule has 0 bridgehead atoms. The van der Waals surface area contributed by atoms with Crippen LogP contribution in [0.5, 0.6) is 0 Å². The van der Waals surface area contributed by atoms with Gasteiger partial charge in [0.1, 0.15) is 5.82 Å². The van der Waals surface area contributed by atoms with Gasteiger partial charge >= 0.3 is 0 Å². The van der Waals surface area contributed by atoms with E-state index in [9.17, 15) is 13.2 Å². The SMILES string of the molecule is Cc1ccc(C(=O)N[C@H](C)c2cc3nc(-c4cccc(N5C[C@@H](C)O[C@@H](C)C5)n4)ccc3cn2)cc1S(C)(=O)=O. The summed E-state index contributed by atoms with van der Waals surface area (Å²) in [6, 6.07) is 15.9. The van der Waals surface area contributed by atoms with Gasteiger partial charge in [-0.25, -0.2) is 18.4 Å². The third-order valence-corrected chi connectivity index (χ3v) is 8.21. The maximum Gasteiger partial charge on any atom is 0.251 e. The highest BCUT2D eigenvalue weighted by Crippen LogP contribution is 2.25. The number of aromatic nitrogens is 3. The van der Waals surface area contributed by atoms with Crippen molar-refractivity contribution >= 4 is 32.5 Å². The number of sulfone groups is 1. The Morgan fingerprint density at radius 1 is 1.02 bits per heavy atom. The van der Waals surface area contributed by atoms with E-state index in [2.05, 4.69) is 29.0 Å². The topological polar surface area (TPSA) is 114 Å². The Hall–Kier alpha value is -3.89. The van der Waals surface area contributed by atoms with Gasteiger partial charge in [-0.1, -0.05) is 12.1 Å². The number of carbonyl (C=O) groups excluding carboxylic acids is 1. The van der Waals surface area contributed by atoms with E-state index in [0.29, 0.717) is 11.3 Å². The average molecular weight is 560 g/mol. The second-order valence-electron chi connectivity index (χ2n) is 10.5. The second-order valence-corrected chi connectivity index (χ2v) is 12.5. The Morgan fingerprint density at radius 3 is 2.48 bits per heavy atom. The van der Waals surface area contributed by atoms with Crippen molar-refractivity contribution in [3.05, 3.63) is 77.6 Å². The summed E-state index contributed by atoms with van der Waals surface area (Å²) in [5.41, 5.74) is 3.75. The van der Waals surface area contributed by atoms with Crippen LogP contribution in [-0.4, -0.2) is 60.8 Å². The summed E-state index contributed by atoms with van der Waals surface area (Å²) in [6.45, 7) is 9.23. The molecule has 0 saturated carbocycles. The summed E-state index contributed by atoms with van der Waals surface area (Å²) in [5.74, 6) is 0.511. The maximum absolute atomic E-state index is 13.0. The Morgan fingerprint density at radius 2 is 1.75 bits per heavy atom. The zero-order valence-electron chi connectivity index (χ0n) is 23.2. The van der Waals surface area contributed by atoms with Crippen LogP contribution in [0.25, 0.3) is 22.3 Å². The van der Waals surface area contributed by atoms with Crippen LogP contribution < -0.4 is 10.2 Å². The molecule has 0 unspecified atom stereocenters. The van der Waals surface area contributed by atoms with Crippen LogP contribution in [0.1, 0.15) is 48.4 Å². The number of morpholine rings is 1. The second kappa shape index (κ2) is 10.9. The van der Waals surface area contributed by atoms with Gasteiger partial charge in [0.15, 0.2) is 9.84 Å². The molecule has 1 aliphatic heterocycles. The lowest BCUT2D eigenvalue weighted by atomic mass is 10.1. The smallest absolute Gasteiger partial charge is 0.251 e. The van der Waals surface area contributed by atoms with Crippen molar-refractivity contribution in [2.75, 3.05) is 24.2 Å². The molecule has 1 fully saturated rings. The lowest BCUT2D eigenvalue weighted by molar-refractivity contribution is -0.00545. The Balaban J connectivity index is 1.38. The molecule has 3 atom stereocenters. The summed E-state index contributed by atoms with van der Waals surface area (Å²) >= 11 is 0. The van der Waals surface area contributed by atoms with Gasteiger partial charge in [-0.05, 0) is 75.7 Å². The molecule has 0 radical (unpaired) electrons. The van der Waals surface area contributed by atoms with E-state index >= 15 is 0 Å². The molecule has 4 heterocycles. The summed E-state index contributed by atoms with van der Waals surface area (Å²) in [7, 11) is -3.45. The van der Waals surface area contributed by atoms with Gasteiger partial charge in [0.25, 0.3) is 5.91 Å². The summed E-state index contributed by atoms with van der Waals surface area (Å²) < 4.78 is 30.0. The first-order valence-electron chi connectivity index (χ1n) is 13.2. The number of pyridine rings is 3. The van der Waals surface area contributed by atoms with E-state index in [1.807, 2.05) is 43.3 Å². The largest absolute Gasteiger partial charge is 0.372 e. The van der Waals surface area contributed by atoms with Crippen LogP contribution >= 0.6 is 0 Å². The van der Waals surface area contributed by atoms with Crippen LogP contribution in [-0.2, 0) is 14.6 Å². The number of hydrogen-bond acceptors (Lipinski definition) is 8. The molecule has 9 nitrogen and oxygen atoms in total. The number of aryl methyl sites for hydroxylation is 1. The Kier molecular flexibility index (Phi) is 7.57. The quantitative estimate of drug-likeness (QED) is 0.367. The molecule has 40 heavy (non-hydrogen) atoms. The highest BCUT2D eigenvalue weighted by Gasteiger charge is 2.23. The number of benzene rings is 1. The Bertz CT molecular complexity index is 1680. The molecule has 0 spiro atoms. The molecule has 0 aliphatic carbocycles. The lowest BCUT2D eigenvalue weighted by Crippen LogP contribution is -2.45. The fourth-order valence-electron chi connectivity index (χ4n) is 5.01. The highest BCUT2D eigenvalue weighted by molar-refractivity contribution is 7.90. The zero-order valence-corrected chi connectivity index (χ0v) is 24.1. The molecule has 208 valence electrons. The maximum atomic E-state index is 13.0. The van der Waals surface area contributed by atoms with Crippen molar-refractivity contribution in [2.24, 2.45) is 0 Å². The number of anilines is 1. The third kappa shape index (κ3) is 5.97. The van der Waals surface area contributed by atoms with Crippen LogP contribution in [0.4, 0.5) is 5.82 Å². The average Bonchev–Trinajstić information content (AvgIpc) is 2.91. The van der Waals surface area contributed by atoms with Crippen molar-refractivity contribution in [3.8, 4) is 11.4 Å². The summed E-state index contributed by atoms with van der Waals surface area (Å²) in [6.07, 6.45) is 3.14. The number of ether oxygens (including phenoxy) is 1. The molecule has 1 saturated heterocycles. The standard InChI is InChI=1S/C30H33N5O4S/c1-18-9-10-22(13-28(18)40(5,37)38)30(36)32-21(4)26-14-27-23(15-31-26)11-12-25(33-27)24-7-6-8-29(34-24)35-16-19(2)39-20(3)17-35/h6-15,19-21H,16-17H2,1-5H3,(H,32,36)/t19-,20+,21-/m1/s1. The van der Waals surface area contributed by atoms with E-state index in [1.165, 1.54) is 6.07 Å². The van der Waals surface area contributed by atoms with E-state index in [4.69, 9.17) is 14.7 Å². The molecule has 1 aromatic carbocycles.